The number of alkyl halides is 3. The lowest BCUT2D eigenvalue weighted by Gasteiger charge is -2.31. The summed E-state index contributed by atoms with van der Waals surface area (Å²) in [4.78, 5) is 3.29. The van der Waals surface area contributed by atoms with Crippen LogP contribution in [-0.2, 0) is 12.6 Å². The Bertz CT molecular complexity index is 689. The second-order valence-electron chi connectivity index (χ2n) is 6.56. The molecule has 3 rings (SSSR count). The van der Waals surface area contributed by atoms with Crippen molar-refractivity contribution < 1.29 is 17.6 Å². The van der Waals surface area contributed by atoms with Crippen molar-refractivity contribution >= 4 is 11.8 Å². The van der Waals surface area contributed by atoms with E-state index in [2.05, 4.69) is 4.90 Å². The van der Waals surface area contributed by atoms with Crippen LogP contribution in [0.2, 0.25) is 0 Å². The molecule has 1 aliphatic rings. The zero-order chi connectivity index (χ0) is 18.6. The number of nitrogens with zero attached hydrogens (tertiary/aromatic N) is 1. The van der Waals surface area contributed by atoms with E-state index < -0.39 is 11.7 Å². The Kier molecular flexibility index (Phi) is 6.24. The molecule has 0 bridgehead atoms. The first-order chi connectivity index (χ1) is 12.4. The molecule has 0 radical (unpaired) electrons. The maximum absolute atomic E-state index is 12.9. The van der Waals surface area contributed by atoms with Crippen LogP contribution in [0, 0.1) is 5.82 Å². The number of benzene rings is 2. The van der Waals surface area contributed by atoms with Gasteiger partial charge in [0.05, 0.1) is 5.56 Å². The Balaban J connectivity index is 1.43. The minimum Gasteiger partial charge on any atom is -0.303 e. The second kappa shape index (κ2) is 8.44. The molecule has 140 valence electrons. The molecule has 1 saturated heterocycles. The molecule has 26 heavy (non-hydrogen) atoms. The van der Waals surface area contributed by atoms with Crippen LogP contribution in [-0.4, -0.2) is 29.8 Å². The Hall–Kier alpha value is -1.53. The summed E-state index contributed by atoms with van der Waals surface area (Å²) >= 11 is 1.67. The van der Waals surface area contributed by atoms with E-state index in [0.717, 1.165) is 61.5 Å². The van der Waals surface area contributed by atoms with Gasteiger partial charge in [0, 0.05) is 16.7 Å². The van der Waals surface area contributed by atoms with E-state index in [4.69, 9.17) is 0 Å². The standard InChI is InChI=1S/C20H21F4NS/c21-17-5-1-15(2-6-17)9-12-25-13-10-19(11-14-25)26-18-7-3-16(4-8-18)20(22,23)24/h1-8,19H,9-14H2. The predicted molar refractivity (Wildman–Crippen MR) is 96.9 cm³/mol. The SMILES string of the molecule is Fc1ccc(CCN2CCC(Sc3ccc(C(F)(F)F)cc3)CC2)cc1. The Morgan fingerprint density at radius 3 is 2.12 bits per heavy atom. The van der Waals surface area contributed by atoms with Crippen LogP contribution in [0.25, 0.3) is 0 Å². The van der Waals surface area contributed by atoms with Crippen LogP contribution in [0.3, 0.4) is 0 Å². The van der Waals surface area contributed by atoms with Crippen LogP contribution in [0.4, 0.5) is 17.6 Å². The van der Waals surface area contributed by atoms with Crippen LogP contribution in [0.5, 0.6) is 0 Å². The van der Waals surface area contributed by atoms with Crippen molar-refractivity contribution in [1.82, 2.24) is 4.90 Å². The number of halogens is 4. The van der Waals surface area contributed by atoms with Gasteiger partial charge in [0.1, 0.15) is 5.82 Å². The summed E-state index contributed by atoms with van der Waals surface area (Å²) in [6.45, 7) is 2.92. The first-order valence-corrected chi connectivity index (χ1v) is 9.59. The summed E-state index contributed by atoms with van der Waals surface area (Å²) in [5, 5.41) is 0.439. The molecule has 0 saturated carbocycles. The van der Waals surface area contributed by atoms with E-state index in [1.54, 1.807) is 23.9 Å². The quantitative estimate of drug-likeness (QED) is 0.615. The number of piperidine rings is 1. The monoisotopic (exact) mass is 383 g/mol. The van der Waals surface area contributed by atoms with Crippen molar-refractivity contribution in [3.05, 3.63) is 65.5 Å². The topological polar surface area (TPSA) is 3.24 Å². The van der Waals surface area contributed by atoms with Gasteiger partial charge in [-0.3, -0.25) is 0 Å². The zero-order valence-corrected chi connectivity index (χ0v) is 15.1. The van der Waals surface area contributed by atoms with Crippen molar-refractivity contribution in [2.24, 2.45) is 0 Å². The Morgan fingerprint density at radius 2 is 1.54 bits per heavy atom. The molecule has 0 aliphatic carbocycles. The Morgan fingerprint density at radius 1 is 0.923 bits per heavy atom. The molecule has 6 heteroatoms. The van der Waals surface area contributed by atoms with Crippen molar-refractivity contribution in [2.75, 3.05) is 19.6 Å². The predicted octanol–water partition coefficient (Wildman–Crippen LogP) is 5.64. The number of likely N-dealkylation sites (tertiary alicyclic amines) is 1. The van der Waals surface area contributed by atoms with E-state index in [0.29, 0.717) is 5.25 Å². The highest BCUT2D eigenvalue weighted by Gasteiger charge is 2.30. The summed E-state index contributed by atoms with van der Waals surface area (Å²) < 4.78 is 50.7. The number of hydrogen-bond donors (Lipinski definition) is 0. The highest BCUT2D eigenvalue weighted by molar-refractivity contribution is 8.00. The molecule has 1 heterocycles. The van der Waals surface area contributed by atoms with Gasteiger partial charge in [0.2, 0.25) is 0 Å². The lowest BCUT2D eigenvalue weighted by Crippen LogP contribution is -2.36. The molecule has 0 N–H and O–H groups in total. The summed E-state index contributed by atoms with van der Waals surface area (Å²) in [5.74, 6) is -0.213. The fourth-order valence-electron chi connectivity index (χ4n) is 3.10. The highest BCUT2D eigenvalue weighted by atomic mass is 32.2. The molecule has 2 aromatic carbocycles. The lowest BCUT2D eigenvalue weighted by molar-refractivity contribution is -0.137. The third-order valence-corrected chi connectivity index (χ3v) is 6.00. The highest BCUT2D eigenvalue weighted by Crippen LogP contribution is 2.34. The molecule has 0 unspecified atom stereocenters. The van der Waals surface area contributed by atoms with Gasteiger partial charge in [-0.2, -0.15) is 13.2 Å². The van der Waals surface area contributed by atoms with Crippen molar-refractivity contribution in [3.63, 3.8) is 0 Å². The van der Waals surface area contributed by atoms with Crippen molar-refractivity contribution in [3.8, 4) is 0 Å². The van der Waals surface area contributed by atoms with Crippen molar-refractivity contribution in [2.45, 2.75) is 35.6 Å². The van der Waals surface area contributed by atoms with Crippen LogP contribution in [0.15, 0.2) is 53.4 Å². The molecule has 0 aromatic heterocycles. The summed E-state index contributed by atoms with van der Waals surface area (Å²) in [5.41, 5.74) is 0.533. The molecule has 1 aliphatic heterocycles. The maximum atomic E-state index is 12.9. The van der Waals surface area contributed by atoms with Gasteiger partial charge in [-0.15, -0.1) is 11.8 Å². The largest absolute Gasteiger partial charge is 0.416 e. The van der Waals surface area contributed by atoms with Crippen molar-refractivity contribution in [1.29, 1.82) is 0 Å². The molecule has 2 aromatic rings. The normalized spacial score (nSPS) is 16.8. The molecule has 0 amide bonds. The van der Waals surface area contributed by atoms with Crippen LogP contribution < -0.4 is 0 Å². The van der Waals surface area contributed by atoms with Gasteiger partial charge in [-0.25, -0.2) is 4.39 Å². The number of thioether (sulfide) groups is 1. The van der Waals surface area contributed by atoms with Gasteiger partial charge in [0.15, 0.2) is 0 Å². The van der Waals surface area contributed by atoms with Gasteiger partial charge in [-0.05, 0) is 74.3 Å². The summed E-state index contributed by atoms with van der Waals surface area (Å²) in [7, 11) is 0. The average Bonchev–Trinajstić information content (AvgIpc) is 2.62. The Labute approximate surface area is 155 Å². The van der Waals surface area contributed by atoms with E-state index in [1.807, 2.05) is 12.1 Å². The first-order valence-electron chi connectivity index (χ1n) is 8.71. The van der Waals surface area contributed by atoms with Crippen LogP contribution in [0.1, 0.15) is 24.0 Å². The molecular formula is C20H21F4NS. The lowest BCUT2D eigenvalue weighted by atomic mass is 10.1. The van der Waals surface area contributed by atoms with Crippen LogP contribution >= 0.6 is 11.8 Å². The molecule has 0 spiro atoms. The average molecular weight is 383 g/mol. The fourth-order valence-corrected chi connectivity index (χ4v) is 4.23. The van der Waals surface area contributed by atoms with Gasteiger partial charge < -0.3 is 4.90 Å². The van der Waals surface area contributed by atoms with E-state index in [9.17, 15) is 17.6 Å². The number of hydrogen-bond acceptors (Lipinski definition) is 2. The number of rotatable bonds is 5. The van der Waals surface area contributed by atoms with Gasteiger partial charge >= 0.3 is 6.18 Å². The molecule has 1 fully saturated rings. The zero-order valence-electron chi connectivity index (χ0n) is 14.3. The molecular weight excluding hydrogens is 362 g/mol. The third kappa shape index (κ3) is 5.48. The van der Waals surface area contributed by atoms with E-state index in [-0.39, 0.29) is 5.82 Å². The molecule has 0 atom stereocenters. The summed E-state index contributed by atoms with van der Waals surface area (Å²) in [6.07, 6.45) is -1.33. The van der Waals surface area contributed by atoms with E-state index >= 15 is 0 Å². The van der Waals surface area contributed by atoms with Gasteiger partial charge in [-0.1, -0.05) is 12.1 Å². The smallest absolute Gasteiger partial charge is 0.303 e. The second-order valence-corrected chi connectivity index (χ2v) is 7.93. The van der Waals surface area contributed by atoms with E-state index in [1.165, 1.54) is 12.1 Å². The summed E-state index contributed by atoms with van der Waals surface area (Å²) in [6, 6.07) is 12.1. The fraction of sp³-hybridized carbons (Fsp3) is 0.400. The first kappa shape index (κ1) is 19.2. The van der Waals surface area contributed by atoms with Gasteiger partial charge in [0.25, 0.3) is 0 Å². The molecule has 1 nitrogen and oxygen atoms in total. The maximum Gasteiger partial charge on any atom is 0.416 e. The minimum absolute atomic E-state index is 0.213. The minimum atomic E-state index is -4.28. The third-order valence-electron chi connectivity index (χ3n) is 4.65.